The molecule has 7 heteroatoms. The third kappa shape index (κ3) is 5.34. The molecular formula is C13H19BrN2O4. The second kappa shape index (κ2) is 8.06. The number of carbonyl (C=O) groups excluding carboxylic acids is 2. The molecule has 0 atom stereocenters. The van der Waals surface area contributed by atoms with E-state index in [1.165, 1.54) is 7.11 Å². The predicted molar refractivity (Wildman–Crippen MR) is 77.5 cm³/mol. The van der Waals surface area contributed by atoms with Gasteiger partial charge in [-0.15, -0.1) is 0 Å². The molecule has 20 heavy (non-hydrogen) atoms. The zero-order chi connectivity index (χ0) is 15.1. The van der Waals surface area contributed by atoms with Crippen LogP contribution in [0, 0.1) is 0 Å². The van der Waals surface area contributed by atoms with Gasteiger partial charge in [0.2, 0.25) is 0 Å². The van der Waals surface area contributed by atoms with Gasteiger partial charge in [-0.1, -0.05) is 0 Å². The summed E-state index contributed by atoms with van der Waals surface area (Å²) in [6, 6.07) is 3.27. The normalized spacial score (nSPS) is 10.7. The SMILES string of the molecule is COC(=O)CCN(CCN(C)C)C(=O)c1ccc(Br)o1. The average Bonchev–Trinajstić information content (AvgIpc) is 2.84. The summed E-state index contributed by atoms with van der Waals surface area (Å²) in [7, 11) is 5.18. The van der Waals surface area contributed by atoms with Gasteiger partial charge in [0.05, 0.1) is 13.5 Å². The Bertz CT molecular complexity index is 459. The smallest absolute Gasteiger partial charge is 0.307 e. The molecule has 0 spiro atoms. The van der Waals surface area contributed by atoms with Crippen molar-refractivity contribution in [1.82, 2.24) is 9.80 Å². The van der Waals surface area contributed by atoms with E-state index in [9.17, 15) is 9.59 Å². The van der Waals surface area contributed by atoms with Crippen molar-refractivity contribution < 1.29 is 18.7 Å². The van der Waals surface area contributed by atoms with Crippen LogP contribution in [0.15, 0.2) is 21.2 Å². The van der Waals surface area contributed by atoms with E-state index in [-0.39, 0.29) is 24.1 Å². The third-order valence-electron chi connectivity index (χ3n) is 2.70. The zero-order valence-corrected chi connectivity index (χ0v) is 13.5. The zero-order valence-electron chi connectivity index (χ0n) is 11.9. The average molecular weight is 347 g/mol. The largest absolute Gasteiger partial charge is 0.469 e. The van der Waals surface area contributed by atoms with E-state index in [0.717, 1.165) is 0 Å². The van der Waals surface area contributed by atoms with Gasteiger partial charge in [-0.3, -0.25) is 9.59 Å². The molecule has 0 aliphatic carbocycles. The minimum atomic E-state index is -0.340. The number of amides is 1. The first-order valence-corrected chi connectivity index (χ1v) is 6.99. The van der Waals surface area contributed by atoms with E-state index in [1.807, 2.05) is 19.0 Å². The lowest BCUT2D eigenvalue weighted by Crippen LogP contribution is -2.38. The molecule has 0 aromatic carbocycles. The number of hydrogen-bond donors (Lipinski definition) is 0. The molecule has 0 unspecified atom stereocenters. The van der Waals surface area contributed by atoms with Crippen LogP contribution in [-0.4, -0.2) is 62.5 Å². The summed E-state index contributed by atoms with van der Waals surface area (Å²) >= 11 is 3.17. The Balaban J connectivity index is 2.69. The quantitative estimate of drug-likeness (QED) is 0.702. The first-order valence-electron chi connectivity index (χ1n) is 6.20. The Kier molecular flexibility index (Phi) is 6.74. The van der Waals surface area contributed by atoms with Crippen LogP contribution in [0.2, 0.25) is 0 Å². The highest BCUT2D eigenvalue weighted by Crippen LogP contribution is 2.16. The number of methoxy groups -OCH3 is 1. The molecule has 112 valence electrons. The number of rotatable bonds is 7. The van der Waals surface area contributed by atoms with Gasteiger partial charge in [0.25, 0.3) is 5.91 Å². The molecule has 0 bridgehead atoms. The number of furan rings is 1. The van der Waals surface area contributed by atoms with Gasteiger partial charge in [-0.25, -0.2) is 0 Å². The monoisotopic (exact) mass is 346 g/mol. The topological polar surface area (TPSA) is 63.0 Å². The van der Waals surface area contributed by atoms with Crippen LogP contribution >= 0.6 is 15.9 Å². The highest BCUT2D eigenvalue weighted by molar-refractivity contribution is 9.10. The molecule has 0 radical (unpaired) electrons. The molecule has 1 amide bonds. The number of esters is 1. The standard InChI is InChI=1S/C13H19BrN2O4/c1-15(2)8-9-16(7-6-12(17)19-3)13(18)10-4-5-11(14)20-10/h4-5H,6-9H2,1-3H3. The van der Waals surface area contributed by atoms with E-state index >= 15 is 0 Å². The predicted octanol–water partition coefficient (Wildman–Crippen LogP) is 1.61. The van der Waals surface area contributed by atoms with Crippen LogP contribution in [0.4, 0.5) is 0 Å². The van der Waals surface area contributed by atoms with E-state index < -0.39 is 0 Å². The van der Waals surface area contributed by atoms with Crippen LogP contribution in [0.5, 0.6) is 0 Å². The van der Waals surface area contributed by atoms with Crippen LogP contribution in [0.1, 0.15) is 17.0 Å². The van der Waals surface area contributed by atoms with Crippen molar-refractivity contribution in [2.75, 3.05) is 40.8 Å². The maximum Gasteiger partial charge on any atom is 0.307 e. The Morgan fingerprint density at radius 2 is 1.95 bits per heavy atom. The Morgan fingerprint density at radius 3 is 2.45 bits per heavy atom. The number of halogens is 1. The van der Waals surface area contributed by atoms with Crippen molar-refractivity contribution in [3.8, 4) is 0 Å². The molecule has 0 saturated heterocycles. The molecule has 1 aromatic rings. The summed E-state index contributed by atoms with van der Waals surface area (Å²) < 4.78 is 10.4. The van der Waals surface area contributed by atoms with Gasteiger partial charge < -0.3 is 19.0 Å². The molecule has 1 aromatic heterocycles. The molecule has 0 fully saturated rings. The van der Waals surface area contributed by atoms with Gasteiger partial charge in [0.1, 0.15) is 0 Å². The molecule has 0 saturated carbocycles. The Hall–Kier alpha value is -1.34. The number of ether oxygens (including phenoxy) is 1. The highest BCUT2D eigenvalue weighted by atomic mass is 79.9. The fourth-order valence-corrected chi connectivity index (χ4v) is 1.86. The molecule has 6 nitrogen and oxygen atoms in total. The van der Waals surface area contributed by atoms with Gasteiger partial charge in [0, 0.05) is 19.6 Å². The van der Waals surface area contributed by atoms with Crippen molar-refractivity contribution in [3.05, 3.63) is 22.6 Å². The molecule has 1 heterocycles. The molecule has 1 rings (SSSR count). The van der Waals surface area contributed by atoms with E-state index in [1.54, 1.807) is 17.0 Å². The maximum atomic E-state index is 12.3. The van der Waals surface area contributed by atoms with Crippen LogP contribution < -0.4 is 0 Å². The van der Waals surface area contributed by atoms with Crippen molar-refractivity contribution in [2.24, 2.45) is 0 Å². The van der Waals surface area contributed by atoms with Crippen LogP contribution in [-0.2, 0) is 9.53 Å². The minimum Gasteiger partial charge on any atom is -0.469 e. The lowest BCUT2D eigenvalue weighted by molar-refractivity contribution is -0.140. The molecule has 0 N–H and O–H groups in total. The summed E-state index contributed by atoms with van der Waals surface area (Å²) in [6.07, 6.45) is 0.164. The number of likely N-dealkylation sites (N-methyl/N-ethyl adjacent to an activating group) is 1. The van der Waals surface area contributed by atoms with Gasteiger partial charge >= 0.3 is 5.97 Å². The lowest BCUT2D eigenvalue weighted by atomic mass is 10.3. The fraction of sp³-hybridized carbons (Fsp3) is 0.538. The molecule has 0 aliphatic heterocycles. The van der Waals surface area contributed by atoms with Gasteiger partial charge in [-0.05, 0) is 42.2 Å². The maximum absolute atomic E-state index is 12.3. The van der Waals surface area contributed by atoms with Gasteiger partial charge in [-0.2, -0.15) is 0 Å². The van der Waals surface area contributed by atoms with E-state index in [0.29, 0.717) is 24.3 Å². The number of nitrogens with zero attached hydrogens (tertiary/aromatic N) is 2. The molecular weight excluding hydrogens is 328 g/mol. The summed E-state index contributed by atoms with van der Waals surface area (Å²) in [5, 5.41) is 0. The summed E-state index contributed by atoms with van der Waals surface area (Å²) in [5.41, 5.74) is 0. The first-order chi connectivity index (χ1) is 9.43. The lowest BCUT2D eigenvalue weighted by Gasteiger charge is -2.23. The van der Waals surface area contributed by atoms with Crippen molar-refractivity contribution in [1.29, 1.82) is 0 Å². The van der Waals surface area contributed by atoms with Crippen LogP contribution in [0.3, 0.4) is 0 Å². The van der Waals surface area contributed by atoms with E-state index in [2.05, 4.69) is 20.7 Å². The summed E-state index contributed by atoms with van der Waals surface area (Å²) in [5.74, 6) is -0.324. The second-order valence-corrected chi connectivity index (χ2v) is 5.31. The third-order valence-corrected chi connectivity index (χ3v) is 3.13. The van der Waals surface area contributed by atoms with E-state index in [4.69, 9.17) is 4.42 Å². The fourth-order valence-electron chi connectivity index (χ4n) is 1.55. The molecule has 0 aliphatic rings. The van der Waals surface area contributed by atoms with Crippen molar-refractivity contribution in [3.63, 3.8) is 0 Å². The Labute approximate surface area is 126 Å². The first kappa shape index (κ1) is 16.7. The van der Waals surface area contributed by atoms with Crippen molar-refractivity contribution >= 4 is 27.8 Å². The number of hydrogen-bond acceptors (Lipinski definition) is 5. The van der Waals surface area contributed by atoms with Gasteiger partial charge in [0.15, 0.2) is 10.4 Å². The minimum absolute atomic E-state index is 0.164. The second-order valence-electron chi connectivity index (χ2n) is 4.53. The van der Waals surface area contributed by atoms with Crippen LogP contribution in [0.25, 0.3) is 0 Å². The number of carbonyl (C=O) groups is 2. The summed E-state index contributed by atoms with van der Waals surface area (Å²) in [4.78, 5) is 27.1. The highest BCUT2D eigenvalue weighted by Gasteiger charge is 2.20. The summed E-state index contributed by atoms with van der Waals surface area (Å²) in [6.45, 7) is 1.52. The van der Waals surface area contributed by atoms with Crippen molar-refractivity contribution in [2.45, 2.75) is 6.42 Å². The Morgan fingerprint density at radius 1 is 1.25 bits per heavy atom.